The van der Waals surface area contributed by atoms with Crippen molar-refractivity contribution >= 4 is 11.6 Å². The van der Waals surface area contributed by atoms with E-state index in [0.717, 1.165) is 24.9 Å². The van der Waals surface area contributed by atoms with Gasteiger partial charge in [-0.2, -0.15) is 0 Å². The van der Waals surface area contributed by atoms with Crippen LogP contribution >= 0.6 is 0 Å². The molecular formula is C14H23N3. The fourth-order valence-corrected chi connectivity index (χ4v) is 1.88. The molecule has 0 saturated carbocycles. The first-order valence-electron chi connectivity index (χ1n) is 6.28. The second-order valence-corrected chi connectivity index (χ2v) is 4.66. The van der Waals surface area contributed by atoms with Gasteiger partial charge >= 0.3 is 0 Å². The molecule has 0 aliphatic carbocycles. The highest BCUT2D eigenvalue weighted by Crippen LogP contribution is 2.16. The van der Waals surface area contributed by atoms with Crippen molar-refractivity contribution in [2.24, 2.45) is 0 Å². The molecule has 0 aromatic heterocycles. The highest BCUT2D eigenvalue weighted by Gasteiger charge is 2.21. The molecular weight excluding hydrogens is 210 g/mol. The molecule has 3 N–H and O–H groups in total. The van der Waals surface area contributed by atoms with Crippen molar-refractivity contribution in [3.63, 3.8) is 0 Å². The Bertz CT molecular complexity index is 348. The summed E-state index contributed by atoms with van der Waals surface area (Å²) >= 11 is 0. The number of nitrogens with one attached hydrogen (secondary N) is 3. The molecule has 0 spiro atoms. The normalized spacial score (nSPS) is 13.8. The van der Waals surface area contributed by atoms with Crippen molar-refractivity contribution in [1.29, 1.82) is 5.41 Å². The molecule has 0 heterocycles. The number of hydrogen-bond acceptors (Lipinski definition) is 1. The van der Waals surface area contributed by atoms with Crippen LogP contribution in [0.3, 0.4) is 0 Å². The second-order valence-electron chi connectivity index (χ2n) is 4.66. The van der Waals surface area contributed by atoms with Crippen LogP contribution in [0.15, 0.2) is 30.3 Å². The van der Waals surface area contributed by atoms with Gasteiger partial charge in [-0.3, -0.25) is 5.41 Å². The van der Waals surface area contributed by atoms with Gasteiger partial charge in [0.1, 0.15) is 0 Å². The standard InChI is InChI=1S/C14H23N3/c1-4-11-14(3,5-2)17-13(15)16-12-9-7-6-8-10-12/h6-10H,4-5,11H2,1-3H3,(H3,15,16,17). The Hall–Kier alpha value is -1.51. The molecule has 0 bridgehead atoms. The molecule has 0 fully saturated rings. The molecule has 0 saturated heterocycles. The molecule has 94 valence electrons. The minimum absolute atomic E-state index is 0.00755. The maximum Gasteiger partial charge on any atom is 0.193 e. The molecule has 1 aromatic rings. The summed E-state index contributed by atoms with van der Waals surface area (Å²) < 4.78 is 0. The van der Waals surface area contributed by atoms with Crippen molar-refractivity contribution in [3.8, 4) is 0 Å². The molecule has 3 nitrogen and oxygen atoms in total. The lowest BCUT2D eigenvalue weighted by molar-refractivity contribution is 0.368. The van der Waals surface area contributed by atoms with Gasteiger partial charge in [0.15, 0.2) is 5.96 Å². The molecule has 1 aromatic carbocycles. The molecule has 1 rings (SSSR count). The van der Waals surface area contributed by atoms with Crippen LogP contribution in [0, 0.1) is 5.41 Å². The third kappa shape index (κ3) is 4.47. The van der Waals surface area contributed by atoms with Crippen LogP contribution in [0.4, 0.5) is 5.69 Å². The Morgan fingerprint density at radius 1 is 1.24 bits per heavy atom. The zero-order chi connectivity index (χ0) is 12.7. The summed E-state index contributed by atoms with van der Waals surface area (Å²) in [5.74, 6) is 0.369. The number of para-hydroxylation sites is 1. The maximum absolute atomic E-state index is 7.94. The zero-order valence-corrected chi connectivity index (χ0v) is 11.0. The largest absolute Gasteiger partial charge is 0.351 e. The van der Waals surface area contributed by atoms with E-state index in [9.17, 15) is 0 Å². The van der Waals surface area contributed by atoms with Gasteiger partial charge in [-0.05, 0) is 31.9 Å². The summed E-state index contributed by atoms with van der Waals surface area (Å²) in [4.78, 5) is 0. The fourth-order valence-electron chi connectivity index (χ4n) is 1.88. The van der Waals surface area contributed by atoms with E-state index in [4.69, 9.17) is 5.41 Å². The molecule has 0 aliphatic rings. The summed E-state index contributed by atoms with van der Waals surface area (Å²) in [6.45, 7) is 6.49. The predicted octanol–water partition coefficient (Wildman–Crippen LogP) is 3.59. The van der Waals surface area contributed by atoms with Crippen LogP contribution in [0.1, 0.15) is 40.0 Å². The minimum Gasteiger partial charge on any atom is -0.351 e. The Morgan fingerprint density at radius 2 is 1.88 bits per heavy atom. The van der Waals surface area contributed by atoms with Gasteiger partial charge in [-0.25, -0.2) is 0 Å². The molecule has 0 aliphatic heterocycles. The lowest BCUT2D eigenvalue weighted by atomic mass is 9.93. The minimum atomic E-state index is 0.00755. The molecule has 3 heteroatoms. The lowest BCUT2D eigenvalue weighted by Crippen LogP contribution is -2.47. The van der Waals surface area contributed by atoms with Gasteiger partial charge in [-0.15, -0.1) is 0 Å². The Morgan fingerprint density at radius 3 is 2.41 bits per heavy atom. The topological polar surface area (TPSA) is 47.9 Å². The van der Waals surface area contributed by atoms with E-state index in [2.05, 4.69) is 31.4 Å². The van der Waals surface area contributed by atoms with Crippen LogP contribution in [-0.2, 0) is 0 Å². The van der Waals surface area contributed by atoms with Gasteiger partial charge in [0.05, 0.1) is 0 Å². The van der Waals surface area contributed by atoms with Gasteiger partial charge in [-0.1, -0.05) is 38.5 Å². The van der Waals surface area contributed by atoms with E-state index in [1.165, 1.54) is 0 Å². The monoisotopic (exact) mass is 233 g/mol. The van der Waals surface area contributed by atoms with E-state index in [1.807, 2.05) is 30.3 Å². The van der Waals surface area contributed by atoms with E-state index in [1.54, 1.807) is 0 Å². The van der Waals surface area contributed by atoms with E-state index < -0.39 is 0 Å². The third-order valence-corrected chi connectivity index (χ3v) is 3.05. The second kappa shape index (κ2) is 6.28. The quantitative estimate of drug-likeness (QED) is 0.537. The smallest absolute Gasteiger partial charge is 0.193 e. The average molecular weight is 233 g/mol. The maximum atomic E-state index is 7.94. The van der Waals surface area contributed by atoms with Crippen molar-refractivity contribution in [2.45, 2.75) is 45.6 Å². The van der Waals surface area contributed by atoms with Gasteiger partial charge in [0, 0.05) is 11.2 Å². The first kappa shape index (κ1) is 13.6. The number of guanidine groups is 1. The highest BCUT2D eigenvalue weighted by molar-refractivity contribution is 5.91. The fraction of sp³-hybridized carbons (Fsp3) is 0.500. The molecule has 0 radical (unpaired) electrons. The first-order chi connectivity index (χ1) is 8.09. The van der Waals surface area contributed by atoms with Gasteiger partial charge in [0.25, 0.3) is 0 Å². The van der Waals surface area contributed by atoms with Gasteiger partial charge < -0.3 is 10.6 Å². The Labute approximate surface area is 104 Å². The van der Waals surface area contributed by atoms with Crippen LogP contribution in [0.5, 0.6) is 0 Å². The number of benzene rings is 1. The predicted molar refractivity (Wildman–Crippen MR) is 74.5 cm³/mol. The summed E-state index contributed by atoms with van der Waals surface area (Å²) in [5, 5.41) is 14.3. The van der Waals surface area contributed by atoms with Crippen LogP contribution < -0.4 is 10.6 Å². The highest BCUT2D eigenvalue weighted by atomic mass is 15.2. The van der Waals surface area contributed by atoms with Crippen LogP contribution in [0.2, 0.25) is 0 Å². The molecule has 1 unspecified atom stereocenters. The van der Waals surface area contributed by atoms with Crippen LogP contribution in [0.25, 0.3) is 0 Å². The zero-order valence-electron chi connectivity index (χ0n) is 11.0. The van der Waals surface area contributed by atoms with Crippen LogP contribution in [-0.4, -0.2) is 11.5 Å². The van der Waals surface area contributed by atoms with Crippen molar-refractivity contribution in [3.05, 3.63) is 30.3 Å². The molecule has 17 heavy (non-hydrogen) atoms. The Balaban J connectivity index is 2.54. The van der Waals surface area contributed by atoms with Gasteiger partial charge in [0.2, 0.25) is 0 Å². The molecule has 0 amide bonds. The first-order valence-corrected chi connectivity index (χ1v) is 6.28. The third-order valence-electron chi connectivity index (χ3n) is 3.05. The number of rotatable bonds is 5. The average Bonchev–Trinajstić information content (AvgIpc) is 2.30. The molecule has 1 atom stereocenters. The van der Waals surface area contributed by atoms with Crippen molar-refractivity contribution in [1.82, 2.24) is 5.32 Å². The van der Waals surface area contributed by atoms with Crippen molar-refractivity contribution in [2.75, 3.05) is 5.32 Å². The summed E-state index contributed by atoms with van der Waals surface area (Å²) in [6, 6.07) is 9.80. The summed E-state index contributed by atoms with van der Waals surface area (Å²) in [6.07, 6.45) is 3.21. The number of hydrogen-bond donors (Lipinski definition) is 3. The number of anilines is 1. The Kier molecular flexibility index (Phi) is 5.01. The van der Waals surface area contributed by atoms with Crippen molar-refractivity contribution < 1.29 is 0 Å². The lowest BCUT2D eigenvalue weighted by Gasteiger charge is -2.30. The SMILES string of the molecule is CCCC(C)(CC)NC(=N)Nc1ccccc1. The van der Waals surface area contributed by atoms with E-state index in [-0.39, 0.29) is 5.54 Å². The summed E-state index contributed by atoms with van der Waals surface area (Å²) in [7, 11) is 0. The van der Waals surface area contributed by atoms with E-state index in [0.29, 0.717) is 5.96 Å². The summed E-state index contributed by atoms with van der Waals surface area (Å²) in [5.41, 5.74) is 0.952. The van der Waals surface area contributed by atoms with E-state index >= 15 is 0 Å².